The number of halogens is 2. The molecule has 11 heteroatoms. The number of aromatic nitrogens is 1. The van der Waals surface area contributed by atoms with Gasteiger partial charge in [-0.3, -0.25) is 8.74 Å². The molecule has 0 saturated heterocycles. The minimum absolute atomic E-state index is 0.494. The zero-order chi connectivity index (χ0) is 23.3. The Labute approximate surface area is 190 Å². The first kappa shape index (κ1) is 25.0. The molecule has 168 valence electrons. The van der Waals surface area contributed by atoms with Crippen molar-refractivity contribution >= 4 is 44.4 Å². The zero-order valence-corrected chi connectivity index (χ0v) is 19.8. The van der Waals surface area contributed by atoms with E-state index in [0.29, 0.717) is 21.5 Å². The lowest BCUT2D eigenvalue weighted by Crippen LogP contribution is -2.31. The molecule has 3 rings (SSSR count). The number of methoxy groups -OCH3 is 3. The summed E-state index contributed by atoms with van der Waals surface area (Å²) in [5.74, 6) is 2.03. The van der Waals surface area contributed by atoms with E-state index in [1.54, 1.807) is 27.4 Å². The molecule has 0 spiro atoms. The van der Waals surface area contributed by atoms with Crippen molar-refractivity contribution in [2.75, 3.05) is 28.4 Å². The van der Waals surface area contributed by atoms with Crippen molar-refractivity contribution in [2.24, 2.45) is 7.05 Å². The van der Waals surface area contributed by atoms with Gasteiger partial charge in [-0.25, -0.2) is 0 Å². The van der Waals surface area contributed by atoms with Gasteiger partial charge in [0.15, 0.2) is 23.4 Å². The van der Waals surface area contributed by atoms with E-state index in [0.717, 1.165) is 34.9 Å². The summed E-state index contributed by atoms with van der Waals surface area (Å²) < 4.78 is 48.3. The van der Waals surface area contributed by atoms with Gasteiger partial charge in [-0.2, -0.15) is 13.0 Å². The highest BCUT2D eigenvalue weighted by Gasteiger charge is 2.23. The lowest BCUT2D eigenvalue weighted by atomic mass is 10.0. The van der Waals surface area contributed by atoms with Crippen molar-refractivity contribution in [2.45, 2.75) is 0 Å². The molecule has 0 fully saturated rings. The van der Waals surface area contributed by atoms with Crippen molar-refractivity contribution in [3.05, 3.63) is 46.6 Å². The molecular formula is C20H22Cl2NO7S+. The average molecular weight is 491 g/mol. The van der Waals surface area contributed by atoms with E-state index in [-0.39, 0.29) is 0 Å². The molecule has 0 aliphatic carbocycles. The zero-order valence-electron chi connectivity index (χ0n) is 17.5. The van der Waals surface area contributed by atoms with E-state index in [1.165, 1.54) is 0 Å². The fourth-order valence-electron chi connectivity index (χ4n) is 2.94. The molecule has 1 N–H and O–H groups in total. The van der Waals surface area contributed by atoms with Crippen LogP contribution in [-0.2, 0) is 21.6 Å². The molecule has 0 radical (unpaired) electrons. The minimum Gasteiger partial charge on any atom is -0.493 e. The van der Waals surface area contributed by atoms with Gasteiger partial charge in [0.1, 0.15) is 7.05 Å². The van der Waals surface area contributed by atoms with Crippen LogP contribution in [0, 0.1) is 0 Å². The van der Waals surface area contributed by atoms with E-state index in [1.807, 2.05) is 42.1 Å². The number of benzene rings is 2. The van der Waals surface area contributed by atoms with Gasteiger partial charge >= 0.3 is 10.4 Å². The summed E-state index contributed by atoms with van der Waals surface area (Å²) in [6, 6.07) is 9.35. The van der Waals surface area contributed by atoms with Gasteiger partial charge in [0.25, 0.3) is 5.69 Å². The number of aryl methyl sites for hydroxylation is 1. The highest BCUT2D eigenvalue weighted by Crippen LogP contribution is 2.40. The molecule has 8 nitrogen and oxygen atoms in total. The smallest absolute Gasteiger partial charge is 0.397 e. The first-order valence-corrected chi connectivity index (χ1v) is 10.8. The number of pyridine rings is 1. The van der Waals surface area contributed by atoms with Crippen LogP contribution < -0.4 is 18.8 Å². The van der Waals surface area contributed by atoms with Gasteiger partial charge in [-0.1, -0.05) is 23.2 Å². The second kappa shape index (κ2) is 10.3. The number of hydrogen-bond acceptors (Lipinski definition) is 6. The Bertz CT molecular complexity index is 1200. The SMILES string of the molecule is COS(=O)(=O)O.COc1cc2c[n+](C)c(-c3ccc(Cl)c(Cl)c3)c(OC)c2cc1OC. The van der Waals surface area contributed by atoms with Gasteiger partial charge in [-0.05, 0) is 30.3 Å². The Morgan fingerprint density at radius 3 is 1.97 bits per heavy atom. The molecule has 0 aliphatic rings. The third-order valence-electron chi connectivity index (χ3n) is 4.31. The molecule has 1 heterocycles. The first-order valence-electron chi connectivity index (χ1n) is 8.67. The predicted octanol–water partition coefficient (Wildman–Crippen LogP) is 4.10. The summed E-state index contributed by atoms with van der Waals surface area (Å²) >= 11 is 12.2. The number of ether oxygens (including phenoxy) is 3. The van der Waals surface area contributed by atoms with Gasteiger partial charge in [0.05, 0.1) is 49.4 Å². The number of hydrogen-bond donors (Lipinski definition) is 1. The maximum atomic E-state index is 9.33. The molecule has 0 unspecified atom stereocenters. The standard InChI is InChI=1S/C19H18Cl2NO3.CH4O4S/c1-22-10-12-8-16(23-2)17(24-3)9-13(12)19(25-4)18(22)11-5-6-14(20)15(21)7-11;1-5-6(2,3)4/h5-10H,1-4H3;1H3,(H,2,3,4)/q+1;. The Balaban J connectivity index is 0.000000501. The molecular weight excluding hydrogens is 469 g/mol. The molecule has 0 bridgehead atoms. The van der Waals surface area contributed by atoms with E-state index >= 15 is 0 Å². The summed E-state index contributed by atoms with van der Waals surface area (Å²) in [7, 11) is 3.53. The highest BCUT2D eigenvalue weighted by molar-refractivity contribution is 7.80. The van der Waals surface area contributed by atoms with Crippen LogP contribution in [0.25, 0.3) is 22.0 Å². The van der Waals surface area contributed by atoms with Crippen LogP contribution in [0.4, 0.5) is 0 Å². The molecule has 0 atom stereocenters. The monoisotopic (exact) mass is 490 g/mol. The van der Waals surface area contributed by atoms with Gasteiger partial charge in [0.2, 0.25) is 0 Å². The lowest BCUT2D eigenvalue weighted by Gasteiger charge is -2.13. The van der Waals surface area contributed by atoms with Crippen molar-refractivity contribution < 1.29 is 35.9 Å². The van der Waals surface area contributed by atoms with E-state index in [9.17, 15) is 8.42 Å². The fourth-order valence-corrected chi connectivity index (χ4v) is 3.24. The summed E-state index contributed by atoms with van der Waals surface area (Å²) in [4.78, 5) is 0. The van der Waals surface area contributed by atoms with Crippen LogP contribution in [0.1, 0.15) is 0 Å². The number of rotatable bonds is 5. The van der Waals surface area contributed by atoms with Crippen LogP contribution in [0.15, 0.2) is 36.5 Å². The second-order valence-electron chi connectivity index (χ2n) is 6.14. The van der Waals surface area contributed by atoms with Crippen LogP contribution in [0.5, 0.6) is 17.2 Å². The molecule has 0 amide bonds. The van der Waals surface area contributed by atoms with Crippen molar-refractivity contribution in [1.82, 2.24) is 0 Å². The van der Waals surface area contributed by atoms with Crippen LogP contribution in [-0.4, -0.2) is 41.4 Å². The van der Waals surface area contributed by atoms with Crippen molar-refractivity contribution in [1.29, 1.82) is 0 Å². The van der Waals surface area contributed by atoms with Crippen LogP contribution in [0.2, 0.25) is 10.0 Å². The molecule has 2 aromatic carbocycles. The number of nitrogens with zero attached hydrogens (tertiary/aromatic N) is 1. The first-order chi connectivity index (χ1) is 14.6. The predicted molar refractivity (Wildman–Crippen MR) is 119 cm³/mol. The van der Waals surface area contributed by atoms with Crippen molar-refractivity contribution in [3.63, 3.8) is 0 Å². The van der Waals surface area contributed by atoms with Gasteiger partial charge in [-0.15, -0.1) is 0 Å². The van der Waals surface area contributed by atoms with E-state index < -0.39 is 10.4 Å². The third-order valence-corrected chi connectivity index (χ3v) is 5.47. The summed E-state index contributed by atoms with van der Waals surface area (Å²) in [5.41, 5.74) is 1.80. The normalized spacial score (nSPS) is 11.0. The van der Waals surface area contributed by atoms with Crippen LogP contribution >= 0.6 is 23.2 Å². The Hall–Kier alpha value is -2.30. The van der Waals surface area contributed by atoms with E-state index in [4.69, 9.17) is 42.0 Å². The molecule has 3 aromatic rings. The molecule has 31 heavy (non-hydrogen) atoms. The average Bonchev–Trinajstić information content (AvgIpc) is 2.73. The summed E-state index contributed by atoms with van der Waals surface area (Å²) in [5, 5.41) is 2.90. The Kier molecular flexibility index (Phi) is 8.33. The van der Waals surface area contributed by atoms with Gasteiger partial charge in [0, 0.05) is 5.39 Å². The number of fused-ring (bicyclic) bond motifs is 1. The lowest BCUT2D eigenvalue weighted by molar-refractivity contribution is -0.659. The van der Waals surface area contributed by atoms with Crippen LogP contribution in [0.3, 0.4) is 0 Å². The quantitative estimate of drug-likeness (QED) is 0.424. The minimum atomic E-state index is -4.16. The van der Waals surface area contributed by atoms with Crippen molar-refractivity contribution in [3.8, 4) is 28.5 Å². The summed E-state index contributed by atoms with van der Waals surface area (Å²) in [6.45, 7) is 0. The fraction of sp³-hybridized carbons (Fsp3) is 0.250. The topological polar surface area (TPSA) is 95.2 Å². The van der Waals surface area contributed by atoms with E-state index in [2.05, 4.69) is 4.18 Å². The third kappa shape index (κ3) is 5.90. The Morgan fingerprint density at radius 2 is 1.48 bits per heavy atom. The molecule has 1 aromatic heterocycles. The largest absolute Gasteiger partial charge is 0.493 e. The maximum Gasteiger partial charge on any atom is 0.397 e. The summed E-state index contributed by atoms with van der Waals surface area (Å²) in [6.07, 6.45) is 2.01. The molecule has 0 aliphatic heterocycles. The maximum absolute atomic E-state index is 9.33. The second-order valence-corrected chi connectivity index (χ2v) is 8.14. The highest BCUT2D eigenvalue weighted by atomic mass is 35.5. The molecule has 0 saturated carbocycles. The van der Waals surface area contributed by atoms with Gasteiger partial charge < -0.3 is 14.2 Å². The Morgan fingerprint density at radius 1 is 0.903 bits per heavy atom.